The fourth-order valence-electron chi connectivity index (χ4n) is 0.992. The summed E-state index contributed by atoms with van der Waals surface area (Å²) in [4.78, 5) is 21.7. The van der Waals surface area contributed by atoms with Crippen LogP contribution in [0.2, 0.25) is 0 Å². The average molecular weight is 240 g/mol. The first-order chi connectivity index (χ1) is 8.22. The Hall–Kier alpha value is -2.08. The van der Waals surface area contributed by atoms with Gasteiger partial charge in [0.25, 0.3) is 0 Å². The lowest BCUT2D eigenvalue weighted by Crippen LogP contribution is -2.17. The summed E-state index contributed by atoms with van der Waals surface area (Å²) < 4.78 is 13.2. The number of esters is 1. The number of hydrogen-bond acceptors (Lipinski definition) is 6. The van der Waals surface area contributed by atoms with Gasteiger partial charge in [-0.1, -0.05) is 30.3 Å². The van der Waals surface area contributed by atoms with Gasteiger partial charge in [0.1, 0.15) is 6.61 Å². The van der Waals surface area contributed by atoms with Crippen molar-refractivity contribution in [1.29, 1.82) is 0 Å². The largest absolute Gasteiger partial charge is 0.510 e. The maximum absolute atomic E-state index is 11.1. The smallest absolute Gasteiger partial charge is 0.458 e. The number of carbonyl (C=O) groups is 2. The van der Waals surface area contributed by atoms with Crippen molar-refractivity contribution in [3.05, 3.63) is 35.9 Å². The van der Waals surface area contributed by atoms with Crippen molar-refractivity contribution in [2.75, 3.05) is 13.4 Å². The van der Waals surface area contributed by atoms with E-state index < -0.39 is 25.5 Å². The number of carbonyl (C=O) groups excluding carboxylic acids is 2. The summed E-state index contributed by atoms with van der Waals surface area (Å²) >= 11 is 0. The molecular formula is C11H12O6. The monoisotopic (exact) mass is 240 g/mol. The lowest BCUT2D eigenvalue weighted by Gasteiger charge is -2.05. The zero-order valence-corrected chi connectivity index (χ0v) is 9.00. The highest BCUT2D eigenvalue weighted by Gasteiger charge is 2.09. The van der Waals surface area contributed by atoms with Crippen LogP contribution in [0.3, 0.4) is 0 Å². The summed E-state index contributed by atoms with van der Waals surface area (Å²) in [5.74, 6) is -0.691. The van der Waals surface area contributed by atoms with Gasteiger partial charge in [-0.25, -0.2) is 9.59 Å². The normalized spacial score (nSPS) is 9.47. The van der Waals surface area contributed by atoms with Crippen molar-refractivity contribution in [2.24, 2.45) is 0 Å². The zero-order chi connectivity index (χ0) is 12.5. The molecule has 0 aromatic heterocycles. The average Bonchev–Trinajstić information content (AvgIpc) is 2.35. The number of aliphatic hydroxyl groups excluding tert-OH is 1. The van der Waals surface area contributed by atoms with Gasteiger partial charge in [0, 0.05) is 0 Å². The third-order valence-electron chi connectivity index (χ3n) is 1.73. The lowest BCUT2D eigenvalue weighted by molar-refractivity contribution is -0.149. The Balaban J connectivity index is 2.20. The van der Waals surface area contributed by atoms with Gasteiger partial charge in [-0.15, -0.1) is 0 Å². The molecule has 17 heavy (non-hydrogen) atoms. The molecule has 0 spiro atoms. The van der Waals surface area contributed by atoms with E-state index in [-0.39, 0.29) is 6.61 Å². The predicted molar refractivity (Wildman–Crippen MR) is 55.8 cm³/mol. The van der Waals surface area contributed by atoms with Crippen LogP contribution in [0, 0.1) is 0 Å². The number of benzene rings is 1. The summed E-state index contributed by atoms with van der Waals surface area (Å²) in [5, 5.41) is 8.21. The van der Waals surface area contributed by atoms with Gasteiger partial charge >= 0.3 is 12.1 Å². The van der Waals surface area contributed by atoms with Crippen LogP contribution in [0.1, 0.15) is 5.56 Å². The van der Waals surface area contributed by atoms with Gasteiger partial charge in [0.2, 0.25) is 0 Å². The van der Waals surface area contributed by atoms with Crippen LogP contribution in [-0.2, 0) is 25.6 Å². The number of ether oxygens (including phenoxy) is 3. The van der Waals surface area contributed by atoms with Crippen LogP contribution < -0.4 is 0 Å². The predicted octanol–water partition coefficient (Wildman–Crippen LogP) is 0.833. The first-order valence-electron chi connectivity index (χ1n) is 4.82. The molecule has 6 heteroatoms. The van der Waals surface area contributed by atoms with Gasteiger partial charge in [-0.2, -0.15) is 0 Å². The Bertz CT molecular complexity index is 361. The maximum Gasteiger partial charge on any atom is 0.510 e. The molecule has 1 rings (SSSR count). The van der Waals surface area contributed by atoms with Gasteiger partial charge in [0.05, 0.1) is 0 Å². The molecule has 0 amide bonds. The molecule has 0 aliphatic carbocycles. The molecule has 1 aromatic rings. The standard InChI is InChI=1S/C11H12O6/c12-8-17-11(14)16-7-10(13)15-6-9-4-2-1-3-5-9/h1-5,12H,6-8H2. The zero-order valence-electron chi connectivity index (χ0n) is 9.00. The molecule has 0 saturated heterocycles. The first kappa shape index (κ1) is 13.0. The minimum Gasteiger partial charge on any atom is -0.458 e. The fourth-order valence-corrected chi connectivity index (χ4v) is 0.992. The summed E-state index contributed by atoms with van der Waals surface area (Å²) in [6.07, 6.45) is -1.12. The minimum atomic E-state index is -1.12. The fraction of sp³-hybridized carbons (Fsp3) is 0.273. The minimum absolute atomic E-state index is 0.109. The van der Waals surface area contributed by atoms with E-state index >= 15 is 0 Å². The Labute approximate surface area is 97.7 Å². The molecule has 6 nitrogen and oxygen atoms in total. The second kappa shape index (κ2) is 7.24. The molecule has 0 aliphatic heterocycles. The number of aliphatic hydroxyl groups is 1. The van der Waals surface area contributed by atoms with Crippen molar-refractivity contribution in [2.45, 2.75) is 6.61 Å². The van der Waals surface area contributed by atoms with E-state index in [1.54, 1.807) is 12.1 Å². The summed E-state index contributed by atoms with van der Waals surface area (Å²) in [6, 6.07) is 9.08. The Kier molecular flexibility index (Phi) is 5.53. The van der Waals surface area contributed by atoms with Crippen molar-refractivity contribution >= 4 is 12.1 Å². The first-order valence-corrected chi connectivity index (χ1v) is 4.82. The Morgan fingerprint density at radius 3 is 2.41 bits per heavy atom. The maximum atomic E-state index is 11.1. The van der Waals surface area contributed by atoms with E-state index in [1.807, 2.05) is 18.2 Å². The molecule has 0 bridgehead atoms. The lowest BCUT2D eigenvalue weighted by atomic mass is 10.2. The molecule has 0 saturated carbocycles. The number of hydrogen-bond donors (Lipinski definition) is 1. The molecule has 0 aliphatic rings. The Morgan fingerprint density at radius 1 is 1.06 bits per heavy atom. The van der Waals surface area contributed by atoms with Gasteiger partial charge in [-0.05, 0) is 5.56 Å². The highest BCUT2D eigenvalue weighted by atomic mass is 16.8. The van der Waals surface area contributed by atoms with E-state index in [1.165, 1.54) is 0 Å². The third kappa shape index (κ3) is 5.53. The topological polar surface area (TPSA) is 82.1 Å². The van der Waals surface area contributed by atoms with Crippen LogP contribution in [0.5, 0.6) is 0 Å². The second-order valence-corrected chi connectivity index (χ2v) is 2.96. The van der Waals surface area contributed by atoms with Gasteiger partial charge < -0.3 is 19.3 Å². The van der Waals surface area contributed by atoms with Crippen LogP contribution in [0.4, 0.5) is 4.79 Å². The molecule has 92 valence electrons. The van der Waals surface area contributed by atoms with Crippen LogP contribution in [-0.4, -0.2) is 30.6 Å². The quantitative estimate of drug-likeness (QED) is 0.606. The van der Waals surface area contributed by atoms with Crippen molar-refractivity contribution < 1.29 is 28.9 Å². The van der Waals surface area contributed by atoms with E-state index in [0.717, 1.165) is 5.56 Å². The molecule has 0 atom stereocenters. The highest BCUT2D eigenvalue weighted by molar-refractivity contribution is 5.73. The van der Waals surface area contributed by atoms with E-state index in [2.05, 4.69) is 9.47 Å². The molecular weight excluding hydrogens is 228 g/mol. The number of rotatable bonds is 5. The highest BCUT2D eigenvalue weighted by Crippen LogP contribution is 2.00. The molecule has 0 unspecified atom stereocenters. The third-order valence-corrected chi connectivity index (χ3v) is 1.73. The van der Waals surface area contributed by atoms with E-state index in [0.29, 0.717) is 0 Å². The van der Waals surface area contributed by atoms with E-state index in [4.69, 9.17) is 9.84 Å². The van der Waals surface area contributed by atoms with Gasteiger partial charge in [-0.3, -0.25) is 0 Å². The SMILES string of the molecule is O=C(COC(=O)OCO)OCc1ccccc1. The Morgan fingerprint density at radius 2 is 1.76 bits per heavy atom. The van der Waals surface area contributed by atoms with Crippen LogP contribution in [0.25, 0.3) is 0 Å². The summed E-state index contributed by atoms with van der Waals surface area (Å²) in [7, 11) is 0. The summed E-state index contributed by atoms with van der Waals surface area (Å²) in [5.41, 5.74) is 0.832. The van der Waals surface area contributed by atoms with Crippen molar-refractivity contribution in [3.63, 3.8) is 0 Å². The van der Waals surface area contributed by atoms with Crippen molar-refractivity contribution in [3.8, 4) is 0 Å². The molecule has 0 radical (unpaired) electrons. The molecule has 1 aromatic carbocycles. The molecule has 0 fully saturated rings. The summed E-state index contributed by atoms with van der Waals surface area (Å²) in [6.45, 7) is -1.23. The van der Waals surface area contributed by atoms with Crippen molar-refractivity contribution in [1.82, 2.24) is 0 Å². The van der Waals surface area contributed by atoms with Gasteiger partial charge in [0.15, 0.2) is 13.4 Å². The van der Waals surface area contributed by atoms with Crippen LogP contribution >= 0.6 is 0 Å². The van der Waals surface area contributed by atoms with E-state index in [9.17, 15) is 9.59 Å². The molecule has 1 N–H and O–H groups in total. The van der Waals surface area contributed by atoms with Crippen LogP contribution in [0.15, 0.2) is 30.3 Å². The second-order valence-electron chi connectivity index (χ2n) is 2.96. The molecule has 0 heterocycles.